The number of carbonyl (C=O) groups is 1. The Morgan fingerprint density at radius 2 is 2.06 bits per heavy atom. The molecule has 0 spiro atoms. The van der Waals surface area contributed by atoms with E-state index in [2.05, 4.69) is 23.9 Å². The fourth-order valence-corrected chi connectivity index (χ4v) is 2.58. The number of ketones is 1. The summed E-state index contributed by atoms with van der Waals surface area (Å²) in [5.74, 6) is 0.125. The van der Waals surface area contributed by atoms with Gasteiger partial charge in [0.25, 0.3) is 0 Å². The van der Waals surface area contributed by atoms with Crippen molar-refractivity contribution in [2.75, 3.05) is 32.1 Å². The Balaban J connectivity index is 2.00. The van der Waals surface area contributed by atoms with Crippen molar-refractivity contribution in [3.63, 3.8) is 0 Å². The van der Waals surface area contributed by atoms with Gasteiger partial charge in [-0.1, -0.05) is 0 Å². The molecule has 3 heteroatoms. The van der Waals surface area contributed by atoms with E-state index in [4.69, 9.17) is 0 Å². The van der Waals surface area contributed by atoms with Crippen LogP contribution < -0.4 is 4.90 Å². The lowest BCUT2D eigenvalue weighted by atomic mass is 10.1. The lowest BCUT2D eigenvalue weighted by molar-refractivity contribution is 0.101. The molecule has 0 bridgehead atoms. The molecule has 1 fully saturated rings. The third-order valence-electron chi connectivity index (χ3n) is 3.87. The molecule has 0 saturated carbocycles. The number of nitrogens with zero attached hydrogens (tertiary/aromatic N) is 2. The molecule has 0 N–H and O–H groups in total. The van der Waals surface area contributed by atoms with Crippen LogP contribution in [0.25, 0.3) is 0 Å². The van der Waals surface area contributed by atoms with Crippen LogP contribution in [0.2, 0.25) is 0 Å². The summed E-state index contributed by atoms with van der Waals surface area (Å²) in [6.07, 6.45) is 2.59. The van der Waals surface area contributed by atoms with Crippen molar-refractivity contribution in [2.24, 2.45) is 0 Å². The maximum Gasteiger partial charge on any atom is 0.159 e. The molecule has 1 aromatic carbocycles. The van der Waals surface area contributed by atoms with Gasteiger partial charge in [-0.05, 0) is 57.6 Å². The first-order valence-corrected chi connectivity index (χ1v) is 6.60. The second kappa shape index (κ2) is 5.53. The van der Waals surface area contributed by atoms with Gasteiger partial charge in [0.2, 0.25) is 0 Å². The van der Waals surface area contributed by atoms with Gasteiger partial charge >= 0.3 is 0 Å². The summed E-state index contributed by atoms with van der Waals surface area (Å²) < 4.78 is 0. The van der Waals surface area contributed by atoms with E-state index >= 15 is 0 Å². The van der Waals surface area contributed by atoms with Crippen molar-refractivity contribution >= 4 is 11.5 Å². The zero-order valence-electron chi connectivity index (χ0n) is 11.5. The first-order chi connectivity index (χ1) is 8.58. The Kier molecular flexibility index (Phi) is 4.02. The predicted octanol–water partition coefficient (Wildman–Crippen LogP) is 2.42. The molecule has 0 aromatic heterocycles. The second-order valence-electron chi connectivity index (χ2n) is 5.26. The van der Waals surface area contributed by atoms with E-state index in [1.165, 1.54) is 25.1 Å². The minimum atomic E-state index is 0.125. The number of likely N-dealkylation sites (N-methyl/N-ethyl adjacent to an activating group) is 2. The molecule has 1 unspecified atom stereocenters. The van der Waals surface area contributed by atoms with E-state index in [0.29, 0.717) is 6.04 Å². The van der Waals surface area contributed by atoms with Gasteiger partial charge in [-0.2, -0.15) is 0 Å². The molecule has 18 heavy (non-hydrogen) atoms. The highest BCUT2D eigenvalue weighted by atomic mass is 16.1. The quantitative estimate of drug-likeness (QED) is 0.762. The lowest BCUT2D eigenvalue weighted by Gasteiger charge is -2.27. The summed E-state index contributed by atoms with van der Waals surface area (Å²) in [6, 6.07) is 8.54. The van der Waals surface area contributed by atoms with Crippen LogP contribution in [0, 0.1) is 0 Å². The summed E-state index contributed by atoms with van der Waals surface area (Å²) in [7, 11) is 4.32. The average Bonchev–Trinajstić information content (AvgIpc) is 2.75. The van der Waals surface area contributed by atoms with Crippen LogP contribution in [-0.2, 0) is 0 Å². The highest BCUT2D eigenvalue weighted by molar-refractivity contribution is 5.94. The number of carbonyl (C=O) groups excluding carboxylic acids is 1. The number of Topliss-reactive ketones (excluding diaryl/α,β-unsaturated/α-hetero) is 1. The molecule has 1 heterocycles. The molecule has 1 aliphatic rings. The SMILES string of the molecule is CC(=O)c1ccc(N(C)CC2CCCN2C)cc1. The maximum absolute atomic E-state index is 11.2. The fourth-order valence-electron chi connectivity index (χ4n) is 2.58. The van der Waals surface area contributed by atoms with Crippen LogP contribution in [0.4, 0.5) is 5.69 Å². The normalized spacial score (nSPS) is 20.1. The van der Waals surface area contributed by atoms with Crippen molar-refractivity contribution in [2.45, 2.75) is 25.8 Å². The zero-order chi connectivity index (χ0) is 13.1. The van der Waals surface area contributed by atoms with Crippen LogP contribution in [0.5, 0.6) is 0 Å². The highest BCUT2D eigenvalue weighted by Gasteiger charge is 2.22. The minimum Gasteiger partial charge on any atom is -0.373 e. The molecule has 0 radical (unpaired) electrons. The molecule has 0 aliphatic carbocycles. The topological polar surface area (TPSA) is 23.6 Å². The van der Waals surface area contributed by atoms with E-state index in [1.54, 1.807) is 6.92 Å². The second-order valence-corrected chi connectivity index (χ2v) is 5.26. The molecule has 1 aliphatic heterocycles. The Morgan fingerprint density at radius 1 is 1.39 bits per heavy atom. The largest absolute Gasteiger partial charge is 0.373 e. The van der Waals surface area contributed by atoms with Crippen LogP contribution in [0.15, 0.2) is 24.3 Å². The monoisotopic (exact) mass is 246 g/mol. The minimum absolute atomic E-state index is 0.125. The first kappa shape index (κ1) is 13.1. The van der Waals surface area contributed by atoms with Gasteiger partial charge in [0, 0.05) is 30.9 Å². The van der Waals surface area contributed by atoms with Gasteiger partial charge in [-0.15, -0.1) is 0 Å². The Hall–Kier alpha value is -1.35. The zero-order valence-corrected chi connectivity index (χ0v) is 11.5. The summed E-state index contributed by atoms with van der Waals surface area (Å²) in [5, 5.41) is 0. The van der Waals surface area contributed by atoms with Gasteiger partial charge in [-0.25, -0.2) is 0 Å². The number of hydrogen-bond donors (Lipinski definition) is 0. The molecular formula is C15H22N2O. The van der Waals surface area contributed by atoms with Crippen LogP contribution in [0.1, 0.15) is 30.1 Å². The summed E-state index contributed by atoms with van der Waals surface area (Å²) in [4.78, 5) is 15.9. The van der Waals surface area contributed by atoms with Gasteiger partial charge in [-0.3, -0.25) is 4.79 Å². The molecule has 1 saturated heterocycles. The predicted molar refractivity (Wildman–Crippen MR) is 75.4 cm³/mol. The van der Waals surface area contributed by atoms with Crippen LogP contribution in [-0.4, -0.2) is 43.9 Å². The molecule has 1 aromatic rings. The number of likely N-dealkylation sites (tertiary alicyclic amines) is 1. The molecular weight excluding hydrogens is 224 g/mol. The van der Waals surface area contributed by atoms with Gasteiger partial charge in [0.15, 0.2) is 5.78 Å². The summed E-state index contributed by atoms with van der Waals surface area (Å²) in [6.45, 7) is 3.86. The van der Waals surface area contributed by atoms with E-state index in [9.17, 15) is 4.79 Å². The van der Waals surface area contributed by atoms with Crippen molar-refractivity contribution in [3.05, 3.63) is 29.8 Å². The number of anilines is 1. The Bertz CT molecular complexity index is 413. The van der Waals surface area contributed by atoms with Gasteiger partial charge in [0.1, 0.15) is 0 Å². The van der Waals surface area contributed by atoms with E-state index < -0.39 is 0 Å². The maximum atomic E-state index is 11.2. The van der Waals surface area contributed by atoms with Crippen molar-refractivity contribution in [3.8, 4) is 0 Å². The smallest absolute Gasteiger partial charge is 0.159 e. The molecule has 3 nitrogen and oxygen atoms in total. The van der Waals surface area contributed by atoms with E-state index in [1.807, 2.05) is 24.3 Å². The summed E-state index contributed by atoms with van der Waals surface area (Å²) in [5.41, 5.74) is 1.96. The van der Waals surface area contributed by atoms with Crippen LogP contribution >= 0.6 is 0 Å². The average molecular weight is 246 g/mol. The summed E-state index contributed by atoms with van der Waals surface area (Å²) >= 11 is 0. The van der Waals surface area contributed by atoms with Crippen molar-refractivity contribution < 1.29 is 4.79 Å². The van der Waals surface area contributed by atoms with Crippen LogP contribution in [0.3, 0.4) is 0 Å². The highest BCUT2D eigenvalue weighted by Crippen LogP contribution is 2.19. The van der Waals surface area contributed by atoms with Gasteiger partial charge < -0.3 is 9.80 Å². The lowest BCUT2D eigenvalue weighted by Crippen LogP contribution is -2.36. The van der Waals surface area contributed by atoms with E-state index in [0.717, 1.165) is 12.1 Å². The fraction of sp³-hybridized carbons (Fsp3) is 0.533. The Morgan fingerprint density at radius 3 is 2.56 bits per heavy atom. The first-order valence-electron chi connectivity index (χ1n) is 6.60. The number of hydrogen-bond acceptors (Lipinski definition) is 3. The standard InChI is InChI=1S/C15H22N2O/c1-12(18)13-6-8-14(9-7-13)17(3)11-15-5-4-10-16(15)2/h6-9,15H,4-5,10-11H2,1-3H3. The third-order valence-corrected chi connectivity index (χ3v) is 3.87. The number of rotatable bonds is 4. The number of benzene rings is 1. The molecule has 98 valence electrons. The molecule has 0 amide bonds. The molecule has 2 rings (SSSR count). The molecule has 1 atom stereocenters. The Labute approximate surface area is 109 Å². The van der Waals surface area contributed by atoms with Gasteiger partial charge in [0.05, 0.1) is 0 Å². The van der Waals surface area contributed by atoms with E-state index in [-0.39, 0.29) is 5.78 Å². The van der Waals surface area contributed by atoms with Crippen molar-refractivity contribution in [1.82, 2.24) is 4.90 Å². The third kappa shape index (κ3) is 2.91. The van der Waals surface area contributed by atoms with Crippen molar-refractivity contribution in [1.29, 1.82) is 0 Å².